The summed E-state index contributed by atoms with van der Waals surface area (Å²) in [5, 5.41) is 3.57. The summed E-state index contributed by atoms with van der Waals surface area (Å²) in [6, 6.07) is 5.37. The maximum atomic E-state index is 11.9. The lowest BCUT2D eigenvalue weighted by molar-refractivity contribution is 0.0946. The number of rotatable bonds is 5. The predicted molar refractivity (Wildman–Crippen MR) is 80.6 cm³/mol. The van der Waals surface area contributed by atoms with Crippen molar-refractivity contribution in [1.29, 1.82) is 0 Å². The van der Waals surface area contributed by atoms with Gasteiger partial charge in [0, 0.05) is 15.7 Å². The van der Waals surface area contributed by atoms with Crippen LogP contribution in [0.15, 0.2) is 18.2 Å². The second-order valence-electron chi connectivity index (χ2n) is 4.02. The lowest BCUT2D eigenvalue weighted by atomic mass is 10.0. The van der Waals surface area contributed by atoms with E-state index in [0.717, 1.165) is 23.0 Å². The quantitative estimate of drug-likeness (QED) is 0.782. The van der Waals surface area contributed by atoms with Crippen molar-refractivity contribution in [2.75, 3.05) is 6.54 Å². The van der Waals surface area contributed by atoms with E-state index in [2.05, 4.69) is 41.8 Å². The molecule has 0 fully saturated rings. The van der Waals surface area contributed by atoms with Crippen LogP contribution < -0.4 is 5.32 Å². The van der Waals surface area contributed by atoms with E-state index >= 15 is 0 Å². The molecule has 0 radical (unpaired) electrons. The van der Waals surface area contributed by atoms with E-state index in [9.17, 15) is 4.79 Å². The first kappa shape index (κ1) is 14.8. The van der Waals surface area contributed by atoms with Gasteiger partial charge in [-0.3, -0.25) is 4.79 Å². The summed E-state index contributed by atoms with van der Waals surface area (Å²) in [4.78, 5) is 11.9. The molecule has 0 saturated carbocycles. The molecule has 17 heavy (non-hydrogen) atoms. The largest absolute Gasteiger partial charge is 0.352 e. The van der Waals surface area contributed by atoms with Crippen LogP contribution in [-0.4, -0.2) is 12.5 Å². The van der Waals surface area contributed by atoms with Crippen molar-refractivity contribution < 1.29 is 4.79 Å². The Morgan fingerprint density at radius 1 is 1.41 bits per heavy atom. The molecule has 0 spiro atoms. The molecule has 0 aromatic heterocycles. The Hall–Kier alpha value is -0.290. The molecule has 1 aromatic rings. The van der Waals surface area contributed by atoms with E-state index in [4.69, 9.17) is 11.6 Å². The lowest BCUT2D eigenvalue weighted by Crippen LogP contribution is -2.28. The van der Waals surface area contributed by atoms with Gasteiger partial charge in [0.2, 0.25) is 0 Å². The zero-order chi connectivity index (χ0) is 12.8. The van der Waals surface area contributed by atoms with Crippen molar-refractivity contribution in [2.24, 2.45) is 5.92 Å². The topological polar surface area (TPSA) is 29.1 Å². The van der Waals surface area contributed by atoms with Crippen LogP contribution in [0.2, 0.25) is 5.02 Å². The number of hydrogen-bond acceptors (Lipinski definition) is 1. The number of carbonyl (C=O) groups excluding carboxylic acids is 1. The average molecular weight is 366 g/mol. The molecular formula is C13H17ClINO. The molecule has 1 aromatic carbocycles. The highest BCUT2D eigenvalue weighted by atomic mass is 127. The fourth-order valence-electron chi connectivity index (χ4n) is 1.55. The summed E-state index contributed by atoms with van der Waals surface area (Å²) in [5.74, 6) is 0.508. The van der Waals surface area contributed by atoms with Gasteiger partial charge in [-0.15, -0.1) is 0 Å². The number of benzene rings is 1. The van der Waals surface area contributed by atoms with Gasteiger partial charge in [-0.2, -0.15) is 0 Å². The highest BCUT2D eigenvalue weighted by Crippen LogP contribution is 2.19. The second-order valence-corrected chi connectivity index (χ2v) is 5.59. The molecule has 0 bridgehead atoms. The summed E-state index contributed by atoms with van der Waals surface area (Å²) in [6.45, 7) is 5.01. The molecule has 0 heterocycles. The van der Waals surface area contributed by atoms with Crippen LogP contribution in [0, 0.1) is 9.49 Å². The SMILES string of the molecule is CCC(CC)CNC(=O)c1ccc(I)c(Cl)c1. The molecular weight excluding hydrogens is 349 g/mol. The Morgan fingerprint density at radius 2 is 2.06 bits per heavy atom. The summed E-state index contributed by atoms with van der Waals surface area (Å²) in [5.41, 5.74) is 0.626. The van der Waals surface area contributed by atoms with Crippen molar-refractivity contribution in [3.05, 3.63) is 32.4 Å². The predicted octanol–water partition coefficient (Wildman–Crippen LogP) is 4.11. The number of hydrogen-bond donors (Lipinski definition) is 1. The van der Waals surface area contributed by atoms with Gasteiger partial charge >= 0.3 is 0 Å². The standard InChI is InChI=1S/C13H17ClINO/c1-3-9(4-2)8-16-13(17)10-5-6-12(15)11(14)7-10/h5-7,9H,3-4,8H2,1-2H3,(H,16,17). The molecule has 1 rings (SSSR count). The van der Waals surface area contributed by atoms with Crippen molar-refractivity contribution in [3.63, 3.8) is 0 Å². The molecule has 1 N–H and O–H groups in total. The maximum Gasteiger partial charge on any atom is 0.251 e. The van der Waals surface area contributed by atoms with Gasteiger partial charge < -0.3 is 5.32 Å². The third kappa shape index (κ3) is 4.47. The average Bonchev–Trinajstić information content (AvgIpc) is 2.33. The minimum absolute atomic E-state index is 0.0461. The monoisotopic (exact) mass is 365 g/mol. The molecule has 0 aliphatic heterocycles. The number of amides is 1. The Bertz CT molecular complexity index is 391. The normalized spacial score (nSPS) is 10.6. The molecule has 4 heteroatoms. The van der Waals surface area contributed by atoms with Crippen molar-refractivity contribution in [3.8, 4) is 0 Å². The minimum Gasteiger partial charge on any atom is -0.352 e. The zero-order valence-electron chi connectivity index (χ0n) is 10.1. The summed E-state index contributed by atoms with van der Waals surface area (Å²) in [6.07, 6.45) is 2.18. The van der Waals surface area contributed by atoms with Gasteiger partial charge in [-0.05, 0) is 46.7 Å². The van der Waals surface area contributed by atoms with Crippen molar-refractivity contribution >= 4 is 40.1 Å². The van der Waals surface area contributed by atoms with E-state index in [1.54, 1.807) is 12.1 Å². The fraction of sp³-hybridized carbons (Fsp3) is 0.462. The van der Waals surface area contributed by atoms with Gasteiger partial charge in [0.15, 0.2) is 0 Å². The van der Waals surface area contributed by atoms with E-state index in [1.807, 2.05) is 6.07 Å². The van der Waals surface area contributed by atoms with Crippen LogP contribution in [0.5, 0.6) is 0 Å². The molecule has 0 aliphatic rings. The van der Waals surface area contributed by atoms with Crippen molar-refractivity contribution in [1.82, 2.24) is 5.32 Å². The summed E-state index contributed by atoms with van der Waals surface area (Å²) in [7, 11) is 0. The Labute approximate surface area is 121 Å². The van der Waals surface area contributed by atoms with Crippen molar-refractivity contribution in [2.45, 2.75) is 26.7 Å². The van der Waals surface area contributed by atoms with Crippen LogP contribution in [0.3, 0.4) is 0 Å². The van der Waals surface area contributed by atoms with E-state index < -0.39 is 0 Å². The van der Waals surface area contributed by atoms with Gasteiger partial charge in [-0.25, -0.2) is 0 Å². The third-order valence-corrected chi connectivity index (χ3v) is 4.46. The lowest BCUT2D eigenvalue weighted by Gasteiger charge is -2.13. The van der Waals surface area contributed by atoms with Gasteiger partial charge in [0.25, 0.3) is 5.91 Å². The van der Waals surface area contributed by atoms with Gasteiger partial charge in [-0.1, -0.05) is 38.3 Å². The zero-order valence-corrected chi connectivity index (χ0v) is 13.0. The molecule has 0 aliphatic carbocycles. The van der Waals surface area contributed by atoms with Crippen LogP contribution >= 0.6 is 34.2 Å². The molecule has 0 saturated heterocycles. The fourth-order valence-corrected chi connectivity index (χ4v) is 2.07. The first-order valence-corrected chi connectivity index (χ1v) is 7.27. The van der Waals surface area contributed by atoms with Crippen LogP contribution in [-0.2, 0) is 0 Å². The van der Waals surface area contributed by atoms with Crippen LogP contribution in [0.25, 0.3) is 0 Å². The highest BCUT2D eigenvalue weighted by Gasteiger charge is 2.09. The van der Waals surface area contributed by atoms with E-state index in [0.29, 0.717) is 16.5 Å². The maximum absolute atomic E-state index is 11.9. The number of carbonyl (C=O) groups is 1. The molecule has 0 unspecified atom stereocenters. The molecule has 0 atom stereocenters. The minimum atomic E-state index is -0.0461. The summed E-state index contributed by atoms with van der Waals surface area (Å²) < 4.78 is 0.959. The summed E-state index contributed by atoms with van der Waals surface area (Å²) >= 11 is 8.13. The second kappa shape index (κ2) is 7.21. The van der Waals surface area contributed by atoms with Crippen LogP contribution in [0.4, 0.5) is 0 Å². The number of halogens is 2. The molecule has 1 amide bonds. The molecule has 94 valence electrons. The highest BCUT2D eigenvalue weighted by molar-refractivity contribution is 14.1. The van der Waals surface area contributed by atoms with E-state index in [1.165, 1.54) is 0 Å². The Balaban J connectivity index is 2.61. The van der Waals surface area contributed by atoms with Crippen LogP contribution in [0.1, 0.15) is 37.0 Å². The Kier molecular flexibility index (Phi) is 6.27. The van der Waals surface area contributed by atoms with E-state index in [-0.39, 0.29) is 5.91 Å². The van der Waals surface area contributed by atoms with Gasteiger partial charge in [0.1, 0.15) is 0 Å². The molecule has 2 nitrogen and oxygen atoms in total. The number of nitrogens with one attached hydrogen (secondary N) is 1. The first-order valence-electron chi connectivity index (χ1n) is 5.81. The smallest absolute Gasteiger partial charge is 0.251 e. The third-order valence-electron chi connectivity index (χ3n) is 2.89. The Morgan fingerprint density at radius 3 is 2.59 bits per heavy atom. The first-order chi connectivity index (χ1) is 8.08. The van der Waals surface area contributed by atoms with Gasteiger partial charge in [0.05, 0.1) is 5.02 Å².